The van der Waals surface area contributed by atoms with Crippen molar-refractivity contribution in [3.63, 3.8) is 0 Å². The molecule has 0 spiro atoms. The Labute approximate surface area is 119 Å². The van der Waals surface area contributed by atoms with E-state index in [0.717, 1.165) is 17.7 Å². The van der Waals surface area contributed by atoms with Gasteiger partial charge in [0.25, 0.3) is 0 Å². The normalized spacial score (nSPS) is 10.3. The monoisotopic (exact) mass is 272 g/mol. The van der Waals surface area contributed by atoms with Crippen LogP contribution in [-0.2, 0) is 20.0 Å². The molecule has 0 fully saturated rings. The van der Waals surface area contributed by atoms with Gasteiger partial charge in [-0.15, -0.1) is 0 Å². The molecule has 0 radical (unpaired) electrons. The number of anilines is 1. The quantitative estimate of drug-likeness (QED) is 0.930. The highest BCUT2D eigenvalue weighted by Gasteiger charge is 2.10. The van der Waals surface area contributed by atoms with Crippen molar-refractivity contribution >= 4 is 11.7 Å². The predicted molar refractivity (Wildman–Crippen MR) is 79.5 cm³/mol. The molecule has 0 aliphatic heterocycles. The molecule has 0 unspecified atom stereocenters. The second-order valence-corrected chi connectivity index (χ2v) is 4.86. The summed E-state index contributed by atoms with van der Waals surface area (Å²) in [5.41, 5.74) is 3.07. The van der Waals surface area contributed by atoms with Gasteiger partial charge in [-0.05, 0) is 24.1 Å². The number of aromatic nitrogens is 2. The van der Waals surface area contributed by atoms with Gasteiger partial charge in [0.1, 0.15) is 0 Å². The number of nitrogens with zero attached hydrogens (tertiary/aromatic N) is 3. The first-order valence-corrected chi connectivity index (χ1v) is 6.67. The fraction of sp³-hybridized carbons (Fsp3) is 0.333. The highest BCUT2D eigenvalue weighted by molar-refractivity contribution is 5.89. The summed E-state index contributed by atoms with van der Waals surface area (Å²) in [6.45, 7) is 2.64. The van der Waals surface area contributed by atoms with Gasteiger partial charge in [-0.3, -0.25) is 4.68 Å². The summed E-state index contributed by atoms with van der Waals surface area (Å²) in [5.74, 6) is 0. The summed E-state index contributed by atoms with van der Waals surface area (Å²) in [6, 6.07) is 7.77. The van der Waals surface area contributed by atoms with Crippen LogP contribution in [0.3, 0.4) is 0 Å². The van der Waals surface area contributed by atoms with Gasteiger partial charge in [0.05, 0.1) is 12.7 Å². The molecule has 0 aliphatic rings. The van der Waals surface area contributed by atoms with Crippen LogP contribution in [0.1, 0.15) is 18.1 Å². The lowest BCUT2D eigenvalue weighted by atomic mass is 10.1. The molecular weight excluding hydrogens is 252 g/mol. The highest BCUT2D eigenvalue weighted by atomic mass is 16.2. The minimum atomic E-state index is -0.127. The molecule has 1 aromatic heterocycles. The maximum Gasteiger partial charge on any atom is 0.321 e. The number of hydrogen-bond donors (Lipinski definition) is 1. The van der Waals surface area contributed by atoms with Crippen LogP contribution in [0.4, 0.5) is 10.5 Å². The van der Waals surface area contributed by atoms with Gasteiger partial charge in [-0.1, -0.05) is 19.1 Å². The minimum Gasteiger partial charge on any atom is -0.323 e. The average molecular weight is 272 g/mol. The van der Waals surface area contributed by atoms with E-state index in [0.29, 0.717) is 6.54 Å². The number of urea groups is 1. The van der Waals surface area contributed by atoms with E-state index in [1.54, 1.807) is 22.8 Å². The standard InChI is InChI=1S/C15H20N4O/c1-4-12-5-7-14(8-6-12)17-15(20)18(2)10-13-9-16-19(3)11-13/h5-9,11H,4,10H2,1-3H3,(H,17,20). The lowest BCUT2D eigenvalue weighted by Crippen LogP contribution is -2.30. The van der Waals surface area contributed by atoms with E-state index < -0.39 is 0 Å². The fourth-order valence-corrected chi connectivity index (χ4v) is 1.94. The number of aryl methyl sites for hydroxylation is 2. The molecule has 0 aliphatic carbocycles. The Morgan fingerprint density at radius 1 is 1.30 bits per heavy atom. The molecule has 1 aromatic carbocycles. The summed E-state index contributed by atoms with van der Waals surface area (Å²) in [7, 11) is 3.63. The smallest absolute Gasteiger partial charge is 0.321 e. The largest absolute Gasteiger partial charge is 0.323 e. The predicted octanol–water partition coefficient (Wildman–Crippen LogP) is 2.65. The molecule has 0 saturated heterocycles. The number of rotatable bonds is 4. The Hall–Kier alpha value is -2.30. The SMILES string of the molecule is CCc1ccc(NC(=O)N(C)Cc2cnn(C)c2)cc1. The number of carbonyl (C=O) groups is 1. The van der Waals surface area contributed by atoms with Crippen LogP contribution in [0.25, 0.3) is 0 Å². The van der Waals surface area contributed by atoms with E-state index in [4.69, 9.17) is 0 Å². The van der Waals surface area contributed by atoms with E-state index in [1.807, 2.05) is 37.5 Å². The van der Waals surface area contributed by atoms with Crippen molar-refractivity contribution in [2.75, 3.05) is 12.4 Å². The maximum absolute atomic E-state index is 12.1. The van der Waals surface area contributed by atoms with E-state index in [2.05, 4.69) is 17.3 Å². The zero-order valence-electron chi connectivity index (χ0n) is 12.1. The summed E-state index contributed by atoms with van der Waals surface area (Å²) in [6.07, 6.45) is 4.66. The third-order valence-corrected chi connectivity index (χ3v) is 3.14. The Bertz CT molecular complexity index is 574. The second kappa shape index (κ2) is 6.23. The van der Waals surface area contributed by atoms with Crippen LogP contribution in [0.15, 0.2) is 36.7 Å². The third kappa shape index (κ3) is 3.60. The van der Waals surface area contributed by atoms with Crippen molar-refractivity contribution in [1.82, 2.24) is 14.7 Å². The molecule has 2 rings (SSSR count). The van der Waals surface area contributed by atoms with Gasteiger partial charge >= 0.3 is 6.03 Å². The van der Waals surface area contributed by atoms with Crippen molar-refractivity contribution in [1.29, 1.82) is 0 Å². The summed E-state index contributed by atoms with van der Waals surface area (Å²) < 4.78 is 1.73. The van der Waals surface area contributed by atoms with Crippen LogP contribution >= 0.6 is 0 Å². The van der Waals surface area contributed by atoms with Gasteiger partial charge in [0.2, 0.25) is 0 Å². The Morgan fingerprint density at radius 2 is 2.00 bits per heavy atom. The van der Waals surface area contributed by atoms with Crippen molar-refractivity contribution in [2.45, 2.75) is 19.9 Å². The van der Waals surface area contributed by atoms with Crippen LogP contribution in [-0.4, -0.2) is 27.8 Å². The molecule has 0 saturated carbocycles. The fourth-order valence-electron chi connectivity index (χ4n) is 1.94. The zero-order valence-corrected chi connectivity index (χ0v) is 12.1. The highest BCUT2D eigenvalue weighted by Crippen LogP contribution is 2.11. The molecule has 106 valence electrons. The van der Waals surface area contributed by atoms with Gasteiger partial charge in [0, 0.05) is 31.5 Å². The minimum absolute atomic E-state index is 0.127. The van der Waals surface area contributed by atoms with Gasteiger partial charge in [-0.25, -0.2) is 4.79 Å². The average Bonchev–Trinajstić information content (AvgIpc) is 2.85. The summed E-state index contributed by atoms with van der Waals surface area (Å²) in [4.78, 5) is 13.7. The third-order valence-electron chi connectivity index (χ3n) is 3.14. The van der Waals surface area contributed by atoms with Crippen LogP contribution in [0.5, 0.6) is 0 Å². The molecular formula is C15H20N4O. The summed E-state index contributed by atoms with van der Waals surface area (Å²) in [5, 5.41) is 6.97. The molecule has 0 atom stereocenters. The molecule has 0 bridgehead atoms. The van der Waals surface area contributed by atoms with Gasteiger partial charge in [0.15, 0.2) is 0 Å². The number of hydrogen-bond acceptors (Lipinski definition) is 2. The molecule has 2 aromatic rings. The van der Waals surface area contributed by atoms with E-state index in [-0.39, 0.29) is 6.03 Å². The van der Waals surface area contributed by atoms with Crippen molar-refractivity contribution < 1.29 is 4.79 Å². The lowest BCUT2D eigenvalue weighted by Gasteiger charge is -2.17. The lowest BCUT2D eigenvalue weighted by molar-refractivity contribution is 0.220. The van der Waals surface area contributed by atoms with Gasteiger partial charge in [-0.2, -0.15) is 5.10 Å². The Kier molecular flexibility index (Phi) is 4.40. The van der Waals surface area contributed by atoms with Crippen LogP contribution < -0.4 is 5.32 Å². The van der Waals surface area contributed by atoms with Crippen molar-refractivity contribution in [2.24, 2.45) is 7.05 Å². The number of benzene rings is 1. The molecule has 20 heavy (non-hydrogen) atoms. The van der Waals surface area contributed by atoms with Crippen LogP contribution in [0.2, 0.25) is 0 Å². The second-order valence-electron chi connectivity index (χ2n) is 4.86. The topological polar surface area (TPSA) is 50.2 Å². The van der Waals surface area contributed by atoms with E-state index in [9.17, 15) is 4.79 Å². The molecule has 2 amide bonds. The van der Waals surface area contributed by atoms with Crippen LogP contribution in [0, 0.1) is 0 Å². The van der Waals surface area contributed by atoms with Crippen molar-refractivity contribution in [3.8, 4) is 0 Å². The number of carbonyl (C=O) groups excluding carboxylic acids is 1. The van der Waals surface area contributed by atoms with Crippen molar-refractivity contribution in [3.05, 3.63) is 47.8 Å². The first kappa shape index (κ1) is 14.1. The van der Waals surface area contributed by atoms with E-state index in [1.165, 1.54) is 5.56 Å². The molecule has 1 heterocycles. The first-order chi connectivity index (χ1) is 9.58. The Balaban J connectivity index is 1.93. The number of amides is 2. The molecule has 1 N–H and O–H groups in total. The Morgan fingerprint density at radius 3 is 2.55 bits per heavy atom. The van der Waals surface area contributed by atoms with Gasteiger partial charge < -0.3 is 10.2 Å². The molecule has 5 heteroatoms. The van der Waals surface area contributed by atoms with E-state index >= 15 is 0 Å². The zero-order chi connectivity index (χ0) is 14.5. The summed E-state index contributed by atoms with van der Waals surface area (Å²) >= 11 is 0. The first-order valence-electron chi connectivity index (χ1n) is 6.67. The molecule has 5 nitrogen and oxygen atoms in total. The maximum atomic E-state index is 12.1. The number of nitrogens with one attached hydrogen (secondary N) is 1.